The van der Waals surface area contributed by atoms with Crippen molar-refractivity contribution in [3.05, 3.63) is 62.3 Å². The molecule has 0 spiro atoms. The van der Waals surface area contributed by atoms with Gasteiger partial charge in [-0.1, -0.05) is 30.3 Å². The van der Waals surface area contributed by atoms with Gasteiger partial charge in [-0.05, 0) is 5.56 Å². The van der Waals surface area contributed by atoms with Crippen molar-refractivity contribution >= 4 is 17.6 Å². The van der Waals surface area contributed by atoms with Crippen molar-refractivity contribution in [2.75, 3.05) is 5.32 Å². The quantitative estimate of drug-likeness (QED) is 0.715. The minimum Gasteiger partial charge on any atom is -0.331 e. The second-order valence-electron chi connectivity index (χ2n) is 5.94. The number of carbonyl (C=O) groups is 2. The average molecular weight is 382 g/mol. The fourth-order valence-corrected chi connectivity index (χ4v) is 3.01. The van der Waals surface area contributed by atoms with Crippen LogP contribution in [-0.4, -0.2) is 27.5 Å². The molecule has 0 fully saturated rings. The van der Waals surface area contributed by atoms with Gasteiger partial charge in [0.05, 0.1) is 6.54 Å². The van der Waals surface area contributed by atoms with Crippen LogP contribution in [0.2, 0.25) is 0 Å². The maximum Gasteiger partial charge on any atom is 0.425 e. The Hall–Kier alpha value is -3.37. The Morgan fingerprint density at radius 2 is 1.81 bits per heavy atom. The largest absolute Gasteiger partial charge is 0.425 e. The number of hydrogen-bond donors (Lipinski definition) is 3. The molecule has 2 amide bonds. The number of aromatic amines is 1. The fourth-order valence-electron chi connectivity index (χ4n) is 3.01. The van der Waals surface area contributed by atoms with Crippen LogP contribution in [0.4, 0.5) is 19.0 Å². The third-order valence-electron chi connectivity index (χ3n) is 4.12. The Labute approximate surface area is 149 Å². The first kappa shape index (κ1) is 18.4. The maximum absolute atomic E-state index is 13.8. The molecule has 8 nitrogen and oxygen atoms in total. The van der Waals surface area contributed by atoms with Gasteiger partial charge < -0.3 is 10.6 Å². The van der Waals surface area contributed by atoms with Crippen LogP contribution >= 0.6 is 0 Å². The van der Waals surface area contributed by atoms with E-state index in [1.165, 1.54) is 0 Å². The summed E-state index contributed by atoms with van der Waals surface area (Å²) >= 11 is 0. The highest BCUT2D eigenvalue weighted by atomic mass is 19.4. The molecule has 0 bridgehead atoms. The predicted octanol–water partition coefficient (Wildman–Crippen LogP) is 0.431. The number of H-pyrrole nitrogens is 1. The first-order chi connectivity index (χ1) is 12.6. The number of benzene rings is 1. The molecule has 1 aromatic heterocycles. The second kappa shape index (κ2) is 6.11. The van der Waals surface area contributed by atoms with Crippen LogP contribution in [0.5, 0.6) is 0 Å². The molecule has 0 aliphatic carbocycles. The van der Waals surface area contributed by atoms with Crippen LogP contribution in [0.1, 0.15) is 18.1 Å². The van der Waals surface area contributed by atoms with Crippen LogP contribution in [0.15, 0.2) is 39.9 Å². The van der Waals surface area contributed by atoms with Gasteiger partial charge in [-0.3, -0.25) is 23.9 Å². The molecule has 1 aromatic carbocycles. The van der Waals surface area contributed by atoms with Crippen molar-refractivity contribution in [1.82, 2.24) is 14.9 Å². The zero-order valence-electron chi connectivity index (χ0n) is 13.8. The van der Waals surface area contributed by atoms with Crippen LogP contribution in [0.3, 0.4) is 0 Å². The van der Waals surface area contributed by atoms with E-state index in [-0.39, 0.29) is 6.54 Å². The summed E-state index contributed by atoms with van der Waals surface area (Å²) in [6.07, 6.45) is -5.32. The average Bonchev–Trinajstić information content (AvgIpc) is 2.85. The highest BCUT2D eigenvalue weighted by molar-refractivity contribution is 6.07. The van der Waals surface area contributed by atoms with Crippen molar-refractivity contribution in [3.63, 3.8) is 0 Å². The molecular weight excluding hydrogens is 369 g/mol. The van der Waals surface area contributed by atoms with Crippen molar-refractivity contribution < 1.29 is 22.8 Å². The normalized spacial score (nSPS) is 18.7. The Morgan fingerprint density at radius 1 is 1.19 bits per heavy atom. The van der Waals surface area contributed by atoms with E-state index in [4.69, 9.17) is 0 Å². The summed E-state index contributed by atoms with van der Waals surface area (Å²) < 4.78 is 42.3. The van der Waals surface area contributed by atoms with Gasteiger partial charge in [0.1, 0.15) is 11.4 Å². The van der Waals surface area contributed by atoms with Gasteiger partial charge in [-0.15, -0.1) is 0 Å². The predicted molar refractivity (Wildman–Crippen MR) is 87.0 cm³/mol. The summed E-state index contributed by atoms with van der Waals surface area (Å²) in [4.78, 5) is 49.9. The van der Waals surface area contributed by atoms with Crippen LogP contribution in [0.25, 0.3) is 0 Å². The molecule has 0 saturated carbocycles. The zero-order valence-corrected chi connectivity index (χ0v) is 13.8. The number of aromatic nitrogens is 2. The Bertz CT molecular complexity index is 1040. The highest BCUT2D eigenvalue weighted by Gasteiger charge is 2.68. The minimum atomic E-state index is -5.32. The van der Waals surface area contributed by atoms with E-state index in [2.05, 4.69) is 0 Å². The van der Waals surface area contributed by atoms with Crippen molar-refractivity contribution in [2.45, 2.75) is 25.2 Å². The van der Waals surface area contributed by atoms with Crippen LogP contribution in [-0.2, 0) is 21.7 Å². The monoisotopic (exact) mass is 382 g/mol. The van der Waals surface area contributed by atoms with Gasteiger partial charge in [-0.25, -0.2) is 4.79 Å². The molecule has 1 aliphatic rings. The number of nitrogens with one attached hydrogen (secondary N) is 3. The number of anilines is 1. The lowest BCUT2D eigenvalue weighted by Crippen LogP contribution is -2.61. The summed E-state index contributed by atoms with van der Waals surface area (Å²) in [5.41, 5.74) is -6.53. The number of hydrogen-bond acceptors (Lipinski definition) is 4. The van der Waals surface area contributed by atoms with E-state index >= 15 is 0 Å². The lowest BCUT2D eigenvalue weighted by atomic mass is 9.92. The molecule has 2 aromatic rings. The SMILES string of the molecule is CC(=O)N[C@]1(C(F)(F)F)C(=O)Nc2c1c(=O)[nH]c(=O)n2Cc1ccccc1. The number of carbonyl (C=O) groups excluding carboxylic acids is 2. The van der Waals surface area contributed by atoms with Gasteiger partial charge in [-0.2, -0.15) is 13.2 Å². The molecule has 142 valence electrons. The number of fused-ring (bicyclic) bond motifs is 1. The first-order valence-electron chi connectivity index (χ1n) is 7.66. The summed E-state index contributed by atoms with van der Waals surface area (Å²) in [7, 11) is 0. The van der Waals surface area contributed by atoms with Crippen molar-refractivity contribution in [1.29, 1.82) is 0 Å². The summed E-state index contributed by atoms with van der Waals surface area (Å²) in [6.45, 7) is 0.583. The molecule has 1 atom stereocenters. The van der Waals surface area contributed by atoms with E-state index in [0.29, 0.717) is 5.56 Å². The van der Waals surface area contributed by atoms with E-state index < -0.39 is 46.2 Å². The van der Waals surface area contributed by atoms with E-state index in [1.54, 1.807) is 40.6 Å². The highest BCUT2D eigenvalue weighted by Crippen LogP contribution is 2.44. The number of amides is 2. The zero-order chi connectivity index (χ0) is 20.0. The van der Waals surface area contributed by atoms with Gasteiger partial charge in [0.15, 0.2) is 0 Å². The first-order valence-corrected chi connectivity index (χ1v) is 7.66. The molecule has 3 N–H and O–H groups in total. The standard InChI is InChI=1S/C16H13F3N4O4/c1-8(24)22-15(16(17,18)19)10-11(20-13(15)26)23(14(27)21-12(10)25)7-9-5-3-2-4-6-9/h2-6H,7H2,1H3,(H,20,26)(H,22,24)(H,21,25,27)/t15-/m0/s1. The molecular formula is C16H13F3N4O4. The van der Waals surface area contributed by atoms with Crippen LogP contribution in [0, 0.1) is 0 Å². The van der Waals surface area contributed by atoms with E-state index in [0.717, 1.165) is 11.5 Å². The molecule has 1 aliphatic heterocycles. The third kappa shape index (κ3) is 2.80. The molecule has 2 heterocycles. The topological polar surface area (TPSA) is 113 Å². The van der Waals surface area contributed by atoms with Gasteiger partial charge in [0.25, 0.3) is 11.5 Å². The molecule has 0 unspecified atom stereocenters. The summed E-state index contributed by atoms with van der Waals surface area (Å²) in [5.74, 6) is -3.45. The number of rotatable bonds is 3. The van der Waals surface area contributed by atoms with Crippen molar-refractivity contribution in [3.8, 4) is 0 Å². The van der Waals surface area contributed by atoms with Gasteiger partial charge >= 0.3 is 11.9 Å². The molecule has 27 heavy (non-hydrogen) atoms. The minimum absolute atomic E-state index is 0.201. The Kier molecular flexibility index (Phi) is 4.17. The van der Waals surface area contributed by atoms with Gasteiger partial charge in [0.2, 0.25) is 11.4 Å². The number of halogens is 3. The fraction of sp³-hybridized carbons (Fsp3) is 0.250. The molecule has 11 heteroatoms. The summed E-state index contributed by atoms with van der Waals surface area (Å²) in [5, 5.41) is 3.48. The lowest BCUT2D eigenvalue weighted by Gasteiger charge is -2.29. The maximum atomic E-state index is 13.8. The third-order valence-corrected chi connectivity index (χ3v) is 4.12. The molecule has 0 saturated heterocycles. The van der Waals surface area contributed by atoms with Crippen molar-refractivity contribution in [2.24, 2.45) is 0 Å². The number of nitrogens with zero attached hydrogens (tertiary/aromatic N) is 1. The Balaban J connectivity index is 2.30. The molecule has 0 radical (unpaired) electrons. The Morgan fingerprint density at radius 3 is 2.37 bits per heavy atom. The number of alkyl halides is 3. The lowest BCUT2D eigenvalue weighted by molar-refractivity contribution is -0.200. The smallest absolute Gasteiger partial charge is 0.331 e. The van der Waals surface area contributed by atoms with Crippen LogP contribution < -0.4 is 21.9 Å². The van der Waals surface area contributed by atoms with E-state index in [1.807, 2.05) is 5.32 Å². The summed E-state index contributed by atoms with van der Waals surface area (Å²) in [6, 6.07) is 8.25. The second-order valence-corrected chi connectivity index (χ2v) is 5.94. The van der Waals surface area contributed by atoms with Gasteiger partial charge in [0, 0.05) is 6.92 Å². The molecule has 3 rings (SSSR count). The van der Waals surface area contributed by atoms with E-state index in [9.17, 15) is 32.3 Å².